The van der Waals surface area contributed by atoms with Crippen molar-refractivity contribution < 1.29 is 80.2 Å². The second kappa shape index (κ2) is 69.5. The summed E-state index contributed by atoms with van der Waals surface area (Å²) in [5.41, 5.74) is 0. The second-order valence-electron chi connectivity index (χ2n) is 27.0. The second-order valence-corrected chi connectivity index (χ2v) is 29.9. The molecule has 0 bridgehead atoms. The van der Waals surface area contributed by atoms with Gasteiger partial charge in [0, 0.05) is 25.7 Å². The van der Waals surface area contributed by atoms with Gasteiger partial charge in [-0.15, -0.1) is 0 Å². The summed E-state index contributed by atoms with van der Waals surface area (Å²) in [5.74, 6) is -2.11. The molecule has 0 aliphatic heterocycles. The van der Waals surface area contributed by atoms with Crippen molar-refractivity contribution >= 4 is 39.5 Å². The normalized spacial score (nSPS) is 13.9. The lowest BCUT2D eigenvalue weighted by molar-refractivity contribution is -0.161. The Kier molecular flexibility index (Phi) is 68.1. The fourth-order valence-corrected chi connectivity index (χ4v) is 13.2. The first-order valence-electron chi connectivity index (χ1n) is 39.3. The number of hydrogen-bond donors (Lipinski definition) is 3. The molecule has 0 aliphatic carbocycles. The Balaban J connectivity index is 5.26. The summed E-state index contributed by atoms with van der Waals surface area (Å²) in [6.07, 6.45) is 59.3. The van der Waals surface area contributed by atoms with Gasteiger partial charge in [0.05, 0.1) is 26.4 Å². The molecule has 19 heteroatoms. The Morgan fingerprint density at radius 2 is 0.426 bits per heavy atom. The SMILES string of the molecule is CCCCCCCCCCCCCCCCCC(=O)O[C@H](COC(=O)CCCCCCCCCCCCCCC)COP(=O)(O)OC[C@H](O)COP(=O)(O)OC[C@@H](COC(=O)CCCCCCCCCCCCCCC)OC(=O)CCCCCCCCCCCCCCC. The lowest BCUT2D eigenvalue weighted by Crippen LogP contribution is -2.30. The summed E-state index contributed by atoms with van der Waals surface area (Å²) in [6.45, 7) is 5.00. The zero-order chi connectivity index (χ0) is 69.0. The first-order chi connectivity index (χ1) is 45.7. The summed E-state index contributed by atoms with van der Waals surface area (Å²) in [4.78, 5) is 72.8. The minimum atomic E-state index is -4.95. The third kappa shape index (κ3) is 68.6. The summed E-state index contributed by atoms with van der Waals surface area (Å²) in [6, 6.07) is 0. The lowest BCUT2D eigenvalue weighted by Gasteiger charge is -2.21. The van der Waals surface area contributed by atoms with Gasteiger partial charge < -0.3 is 33.8 Å². The molecule has 2 unspecified atom stereocenters. The Labute approximate surface area is 575 Å². The molecule has 0 amide bonds. The van der Waals surface area contributed by atoms with Gasteiger partial charge in [-0.1, -0.05) is 349 Å². The van der Waals surface area contributed by atoms with Crippen LogP contribution in [0.2, 0.25) is 0 Å². The van der Waals surface area contributed by atoms with Gasteiger partial charge in [0.25, 0.3) is 0 Å². The van der Waals surface area contributed by atoms with Crippen molar-refractivity contribution in [3.8, 4) is 0 Å². The van der Waals surface area contributed by atoms with E-state index in [-0.39, 0.29) is 25.7 Å². The molecule has 0 rings (SSSR count). The molecule has 558 valence electrons. The largest absolute Gasteiger partial charge is 0.472 e. The van der Waals surface area contributed by atoms with Gasteiger partial charge in [0.15, 0.2) is 12.2 Å². The Bertz CT molecular complexity index is 1790. The maximum Gasteiger partial charge on any atom is 0.472 e. The predicted octanol–water partition coefficient (Wildman–Crippen LogP) is 22.2. The maximum atomic E-state index is 13.1. The topological polar surface area (TPSA) is 237 Å². The Morgan fingerprint density at radius 1 is 0.255 bits per heavy atom. The number of rotatable bonds is 76. The first-order valence-corrected chi connectivity index (χ1v) is 42.3. The molecule has 0 aliphatic rings. The van der Waals surface area contributed by atoms with E-state index in [2.05, 4.69) is 27.7 Å². The Hall–Kier alpha value is -1.94. The number of unbranched alkanes of at least 4 members (excludes halogenated alkanes) is 50. The van der Waals surface area contributed by atoms with E-state index in [1.54, 1.807) is 0 Å². The number of carbonyl (C=O) groups excluding carboxylic acids is 4. The number of phosphoric acid groups is 2. The zero-order valence-electron chi connectivity index (χ0n) is 60.9. The molecular weight excluding hydrogens is 1230 g/mol. The highest BCUT2D eigenvalue weighted by atomic mass is 31.2. The van der Waals surface area contributed by atoms with Gasteiger partial charge in [-0.05, 0) is 25.7 Å². The molecule has 94 heavy (non-hydrogen) atoms. The number of esters is 4. The van der Waals surface area contributed by atoms with E-state index in [4.69, 9.17) is 37.0 Å². The van der Waals surface area contributed by atoms with Crippen LogP contribution in [0.15, 0.2) is 0 Å². The van der Waals surface area contributed by atoms with Crippen LogP contribution < -0.4 is 0 Å². The average Bonchev–Trinajstić information content (AvgIpc) is 2.26. The van der Waals surface area contributed by atoms with Crippen molar-refractivity contribution in [1.29, 1.82) is 0 Å². The third-order valence-corrected chi connectivity index (χ3v) is 19.5. The molecule has 0 aromatic rings. The monoisotopic (exact) mass is 1380 g/mol. The van der Waals surface area contributed by atoms with E-state index >= 15 is 0 Å². The van der Waals surface area contributed by atoms with Crippen molar-refractivity contribution in [2.24, 2.45) is 0 Å². The van der Waals surface area contributed by atoms with Gasteiger partial charge in [-0.3, -0.25) is 37.3 Å². The number of ether oxygens (including phenoxy) is 4. The fraction of sp³-hybridized carbons (Fsp3) is 0.947. The molecule has 0 saturated heterocycles. The third-order valence-electron chi connectivity index (χ3n) is 17.6. The average molecular weight is 1380 g/mol. The van der Waals surface area contributed by atoms with Crippen molar-refractivity contribution in [2.45, 2.75) is 418 Å². The van der Waals surface area contributed by atoms with Gasteiger partial charge >= 0.3 is 39.5 Å². The van der Waals surface area contributed by atoms with Crippen LogP contribution in [-0.4, -0.2) is 96.7 Å². The van der Waals surface area contributed by atoms with E-state index in [9.17, 15) is 43.2 Å². The first kappa shape index (κ1) is 92.1. The van der Waals surface area contributed by atoms with Crippen LogP contribution in [-0.2, 0) is 65.4 Å². The molecule has 3 N–H and O–H groups in total. The van der Waals surface area contributed by atoms with Gasteiger partial charge in [0.2, 0.25) is 0 Å². The fourth-order valence-electron chi connectivity index (χ4n) is 11.6. The highest BCUT2D eigenvalue weighted by Gasteiger charge is 2.30. The summed E-state index contributed by atoms with van der Waals surface area (Å²) in [5, 5.41) is 10.6. The number of carbonyl (C=O) groups is 4. The van der Waals surface area contributed by atoms with Crippen LogP contribution in [0.5, 0.6) is 0 Å². The smallest absolute Gasteiger partial charge is 0.462 e. The number of phosphoric ester groups is 2. The molecule has 0 aromatic carbocycles. The summed E-state index contributed by atoms with van der Waals surface area (Å²) < 4.78 is 68.5. The molecule has 5 atom stereocenters. The zero-order valence-corrected chi connectivity index (χ0v) is 62.7. The van der Waals surface area contributed by atoms with Crippen LogP contribution in [0.1, 0.15) is 400 Å². The predicted molar refractivity (Wildman–Crippen MR) is 382 cm³/mol. The highest BCUT2D eigenvalue weighted by molar-refractivity contribution is 7.47. The van der Waals surface area contributed by atoms with Crippen LogP contribution >= 0.6 is 15.6 Å². The Morgan fingerprint density at radius 3 is 0.628 bits per heavy atom. The van der Waals surface area contributed by atoms with Gasteiger partial charge in [-0.2, -0.15) is 0 Å². The van der Waals surface area contributed by atoms with E-state index in [1.807, 2.05) is 0 Å². The minimum Gasteiger partial charge on any atom is -0.462 e. The standard InChI is InChI=1S/C75H146O17P2/c1-5-9-13-17-21-25-29-33-34-38-42-46-50-54-58-62-75(80)92-71(66-86-73(78)60-56-52-48-44-40-36-31-27-23-19-15-11-7-3)68-90-94(83,84)88-64-69(76)63-87-93(81,82)89-67-70(91-74(79)61-57-53-49-45-41-37-32-28-24-20-16-12-8-4)65-85-72(77)59-55-51-47-43-39-35-30-26-22-18-14-10-6-2/h69-71,76H,5-68H2,1-4H3,(H,81,82)(H,83,84)/t69-,70-,71-/m1/s1. The van der Waals surface area contributed by atoms with E-state index in [0.29, 0.717) is 25.7 Å². The quantitative estimate of drug-likeness (QED) is 0.0222. The van der Waals surface area contributed by atoms with E-state index in [1.165, 1.54) is 231 Å². The molecule has 0 aromatic heterocycles. The van der Waals surface area contributed by atoms with Crippen LogP contribution in [0.25, 0.3) is 0 Å². The van der Waals surface area contributed by atoms with Crippen LogP contribution in [0, 0.1) is 0 Å². The maximum absolute atomic E-state index is 13.1. The van der Waals surface area contributed by atoms with Crippen molar-refractivity contribution in [3.05, 3.63) is 0 Å². The highest BCUT2D eigenvalue weighted by Crippen LogP contribution is 2.45. The molecule has 0 spiro atoms. The van der Waals surface area contributed by atoms with Crippen LogP contribution in [0.4, 0.5) is 0 Å². The van der Waals surface area contributed by atoms with Crippen LogP contribution in [0.3, 0.4) is 0 Å². The molecule has 17 nitrogen and oxygen atoms in total. The molecule has 0 saturated carbocycles. The summed E-state index contributed by atoms with van der Waals surface area (Å²) in [7, 11) is -9.91. The van der Waals surface area contributed by atoms with Gasteiger partial charge in [-0.25, -0.2) is 9.13 Å². The van der Waals surface area contributed by atoms with Crippen molar-refractivity contribution in [3.63, 3.8) is 0 Å². The molecule has 0 heterocycles. The number of hydrogen-bond acceptors (Lipinski definition) is 15. The van der Waals surface area contributed by atoms with E-state index < -0.39 is 97.5 Å². The van der Waals surface area contributed by atoms with E-state index in [0.717, 1.165) is 89.9 Å². The number of aliphatic hydroxyl groups excluding tert-OH is 1. The molecular formula is C75H146O17P2. The number of aliphatic hydroxyl groups is 1. The minimum absolute atomic E-state index is 0.109. The van der Waals surface area contributed by atoms with Crippen molar-refractivity contribution in [1.82, 2.24) is 0 Å². The molecule has 0 radical (unpaired) electrons. The van der Waals surface area contributed by atoms with Gasteiger partial charge in [0.1, 0.15) is 19.3 Å². The van der Waals surface area contributed by atoms with Crippen molar-refractivity contribution in [2.75, 3.05) is 39.6 Å². The lowest BCUT2D eigenvalue weighted by atomic mass is 10.0. The molecule has 0 fully saturated rings. The summed E-state index contributed by atoms with van der Waals surface area (Å²) >= 11 is 0.